The molecule has 2 aromatic rings. The highest BCUT2D eigenvalue weighted by Crippen LogP contribution is 2.07. The molecule has 0 fully saturated rings. The van der Waals surface area contributed by atoms with Gasteiger partial charge in [-0.05, 0) is 6.07 Å². The smallest absolute Gasteiger partial charge is 0.240 e. The van der Waals surface area contributed by atoms with Crippen molar-refractivity contribution in [2.45, 2.75) is 0 Å². The van der Waals surface area contributed by atoms with Gasteiger partial charge in [-0.25, -0.2) is 4.98 Å². The molecular formula is C8H7ClN4O. The Morgan fingerprint density at radius 3 is 3.14 bits per heavy atom. The Morgan fingerprint density at radius 1 is 1.50 bits per heavy atom. The van der Waals surface area contributed by atoms with E-state index in [9.17, 15) is 4.79 Å². The Labute approximate surface area is 84.7 Å². The van der Waals surface area contributed by atoms with Crippen LogP contribution < -0.4 is 5.32 Å². The van der Waals surface area contributed by atoms with Crippen molar-refractivity contribution >= 4 is 29.0 Å². The normalized spacial score (nSPS) is 10.4. The predicted octanol–water partition coefficient (Wildman–Crippen LogP) is 0.907. The van der Waals surface area contributed by atoms with E-state index in [2.05, 4.69) is 15.4 Å². The van der Waals surface area contributed by atoms with Crippen molar-refractivity contribution in [3.8, 4) is 0 Å². The molecule has 14 heavy (non-hydrogen) atoms. The number of hydrogen-bond donors (Lipinski definition) is 1. The van der Waals surface area contributed by atoms with Crippen molar-refractivity contribution in [1.29, 1.82) is 0 Å². The van der Waals surface area contributed by atoms with Gasteiger partial charge in [0.2, 0.25) is 5.91 Å². The number of carbonyl (C=O) groups is 1. The van der Waals surface area contributed by atoms with Gasteiger partial charge in [0.05, 0.1) is 6.20 Å². The number of rotatable bonds is 2. The molecule has 0 radical (unpaired) electrons. The number of amides is 1. The van der Waals surface area contributed by atoms with Crippen LogP contribution in [0.4, 0.5) is 5.82 Å². The van der Waals surface area contributed by atoms with Gasteiger partial charge in [0.25, 0.3) is 0 Å². The van der Waals surface area contributed by atoms with Crippen LogP contribution in [0.1, 0.15) is 0 Å². The third-order valence-corrected chi connectivity index (χ3v) is 1.92. The zero-order valence-electron chi connectivity index (χ0n) is 7.14. The Kier molecular flexibility index (Phi) is 2.32. The van der Waals surface area contributed by atoms with E-state index < -0.39 is 0 Å². The quantitative estimate of drug-likeness (QED) is 0.750. The molecule has 0 aliphatic heterocycles. The molecule has 0 atom stereocenters. The van der Waals surface area contributed by atoms with Crippen molar-refractivity contribution in [3.63, 3.8) is 0 Å². The number of hydrogen-bond acceptors (Lipinski definition) is 3. The first-order valence-corrected chi connectivity index (χ1v) is 4.49. The number of nitrogens with one attached hydrogen (secondary N) is 1. The number of carbonyl (C=O) groups excluding carboxylic acids is 1. The fourth-order valence-corrected chi connectivity index (χ4v) is 1.17. The molecular weight excluding hydrogens is 204 g/mol. The van der Waals surface area contributed by atoms with Crippen molar-refractivity contribution in [2.24, 2.45) is 0 Å². The van der Waals surface area contributed by atoms with Crippen molar-refractivity contribution in [1.82, 2.24) is 14.6 Å². The van der Waals surface area contributed by atoms with Crippen LogP contribution in [0.5, 0.6) is 0 Å². The van der Waals surface area contributed by atoms with E-state index in [-0.39, 0.29) is 11.8 Å². The number of nitrogens with zero attached hydrogens (tertiary/aromatic N) is 3. The largest absolute Gasteiger partial charge is 0.309 e. The van der Waals surface area contributed by atoms with Crippen LogP contribution in [-0.4, -0.2) is 26.4 Å². The summed E-state index contributed by atoms with van der Waals surface area (Å²) in [5.41, 5.74) is 0.678. The lowest BCUT2D eigenvalue weighted by Gasteiger charge is -2.04. The predicted molar refractivity (Wildman–Crippen MR) is 52.3 cm³/mol. The summed E-state index contributed by atoms with van der Waals surface area (Å²) in [7, 11) is 0. The minimum atomic E-state index is -0.269. The fraction of sp³-hybridized carbons (Fsp3) is 0.125. The fourth-order valence-electron chi connectivity index (χ4n) is 1.11. The highest BCUT2D eigenvalue weighted by molar-refractivity contribution is 6.29. The molecule has 1 amide bonds. The highest BCUT2D eigenvalue weighted by Gasteiger charge is 2.04. The van der Waals surface area contributed by atoms with Gasteiger partial charge < -0.3 is 5.32 Å². The van der Waals surface area contributed by atoms with Gasteiger partial charge in [-0.15, -0.1) is 11.6 Å². The summed E-state index contributed by atoms with van der Waals surface area (Å²) in [6.45, 7) is 0. The standard InChI is InChI=1S/C8H7ClN4O/c9-5-8(14)12-7-1-3-10-6-2-4-11-13(6)7/h1-4H,5H2,(H,12,14). The third kappa shape index (κ3) is 1.54. The second-order valence-corrected chi connectivity index (χ2v) is 2.88. The minimum Gasteiger partial charge on any atom is -0.309 e. The van der Waals surface area contributed by atoms with Crippen LogP contribution >= 0.6 is 11.6 Å². The second kappa shape index (κ2) is 3.63. The van der Waals surface area contributed by atoms with Crippen LogP contribution in [-0.2, 0) is 4.79 Å². The molecule has 72 valence electrons. The van der Waals surface area contributed by atoms with E-state index in [1.165, 1.54) is 4.52 Å². The first-order valence-electron chi connectivity index (χ1n) is 3.96. The lowest BCUT2D eigenvalue weighted by atomic mass is 10.5. The summed E-state index contributed by atoms with van der Waals surface area (Å²) in [5, 5.41) is 6.61. The highest BCUT2D eigenvalue weighted by atomic mass is 35.5. The Hall–Kier alpha value is -1.62. The molecule has 0 saturated heterocycles. The number of anilines is 1. The van der Waals surface area contributed by atoms with E-state index in [0.717, 1.165) is 0 Å². The lowest BCUT2D eigenvalue weighted by Crippen LogP contribution is -2.15. The zero-order chi connectivity index (χ0) is 9.97. The van der Waals surface area contributed by atoms with Gasteiger partial charge in [0.15, 0.2) is 5.65 Å². The summed E-state index contributed by atoms with van der Waals surface area (Å²) in [6, 6.07) is 3.40. The molecule has 2 heterocycles. The lowest BCUT2D eigenvalue weighted by molar-refractivity contribution is -0.113. The molecule has 5 nitrogen and oxygen atoms in total. The first-order chi connectivity index (χ1) is 6.81. The van der Waals surface area contributed by atoms with Crippen molar-refractivity contribution in [2.75, 3.05) is 11.2 Å². The summed E-state index contributed by atoms with van der Waals surface area (Å²) >= 11 is 5.37. The number of fused-ring (bicyclic) bond motifs is 1. The van der Waals surface area contributed by atoms with Crippen LogP contribution in [0, 0.1) is 0 Å². The molecule has 6 heteroatoms. The van der Waals surface area contributed by atoms with Gasteiger partial charge in [-0.2, -0.15) is 9.61 Å². The Bertz CT molecular complexity index is 467. The molecule has 2 rings (SSSR count). The van der Waals surface area contributed by atoms with Crippen LogP contribution in [0.3, 0.4) is 0 Å². The summed E-state index contributed by atoms with van der Waals surface area (Å²) < 4.78 is 1.53. The molecule has 0 spiro atoms. The van der Waals surface area contributed by atoms with E-state index in [1.807, 2.05) is 0 Å². The van der Waals surface area contributed by atoms with Crippen molar-refractivity contribution in [3.05, 3.63) is 24.5 Å². The maximum absolute atomic E-state index is 11.0. The molecule has 0 saturated carbocycles. The maximum atomic E-state index is 11.0. The van der Waals surface area contributed by atoms with Crippen LogP contribution in [0.2, 0.25) is 0 Å². The molecule has 2 aromatic heterocycles. The monoisotopic (exact) mass is 210 g/mol. The number of halogens is 1. The van der Waals surface area contributed by atoms with Gasteiger partial charge in [0, 0.05) is 12.3 Å². The number of alkyl halides is 1. The SMILES string of the molecule is O=C(CCl)Nc1ccnc2ccnn12. The van der Waals surface area contributed by atoms with Gasteiger partial charge in [0.1, 0.15) is 11.7 Å². The summed E-state index contributed by atoms with van der Waals surface area (Å²) in [4.78, 5) is 15.1. The molecule has 0 aromatic carbocycles. The summed E-state index contributed by atoms with van der Waals surface area (Å²) in [5.74, 6) is 0.214. The topological polar surface area (TPSA) is 59.3 Å². The first kappa shape index (κ1) is 8.96. The van der Waals surface area contributed by atoms with E-state index >= 15 is 0 Å². The van der Waals surface area contributed by atoms with Gasteiger partial charge >= 0.3 is 0 Å². The van der Waals surface area contributed by atoms with Gasteiger partial charge in [-0.3, -0.25) is 4.79 Å². The zero-order valence-corrected chi connectivity index (χ0v) is 7.90. The Morgan fingerprint density at radius 2 is 2.36 bits per heavy atom. The van der Waals surface area contributed by atoms with Crippen LogP contribution in [0.15, 0.2) is 24.5 Å². The van der Waals surface area contributed by atoms with E-state index in [0.29, 0.717) is 11.5 Å². The maximum Gasteiger partial charge on any atom is 0.240 e. The summed E-state index contributed by atoms with van der Waals surface area (Å²) in [6.07, 6.45) is 3.21. The molecule has 1 N–H and O–H groups in total. The number of aromatic nitrogens is 3. The Balaban J connectivity index is 2.41. The minimum absolute atomic E-state index is 0.0783. The average Bonchev–Trinajstić information content (AvgIpc) is 2.66. The molecule has 0 aliphatic carbocycles. The van der Waals surface area contributed by atoms with Crippen molar-refractivity contribution < 1.29 is 4.79 Å². The second-order valence-electron chi connectivity index (χ2n) is 2.61. The molecule has 0 unspecified atom stereocenters. The van der Waals surface area contributed by atoms with Gasteiger partial charge in [-0.1, -0.05) is 0 Å². The molecule has 0 aliphatic rings. The van der Waals surface area contributed by atoms with E-state index in [1.54, 1.807) is 24.5 Å². The average molecular weight is 211 g/mol. The molecule has 0 bridgehead atoms. The van der Waals surface area contributed by atoms with E-state index in [4.69, 9.17) is 11.6 Å². The third-order valence-electron chi connectivity index (χ3n) is 1.68. The van der Waals surface area contributed by atoms with Crippen LogP contribution in [0.25, 0.3) is 5.65 Å².